The maximum Gasteiger partial charge on any atom is 0.239 e. The predicted molar refractivity (Wildman–Crippen MR) is 52.0 cm³/mol. The maximum atomic E-state index is 10.3. The highest BCUT2D eigenvalue weighted by Crippen LogP contribution is 1.73. The van der Waals surface area contributed by atoms with Crippen molar-refractivity contribution >= 4 is 23.6 Å². The lowest BCUT2D eigenvalue weighted by Gasteiger charge is -2.10. The Balaban J connectivity index is 0.000000160. The monoisotopic (exact) mass is 228 g/mol. The average Bonchev–Trinajstić information content (AvgIpc) is 2.28. The van der Waals surface area contributed by atoms with Crippen LogP contribution in [0.5, 0.6) is 0 Å². The third-order valence-corrected chi connectivity index (χ3v) is 1.78. The fourth-order valence-electron chi connectivity index (χ4n) is 0.965. The molecule has 88 valence electrons. The van der Waals surface area contributed by atoms with Crippen molar-refractivity contribution in [1.29, 1.82) is 0 Å². The minimum absolute atomic E-state index is 0.121. The van der Waals surface area contributed by atoms with Gasteiger partial charge in [0.05, 0.1) is 26.2 Å². The van der Waals surface area contributed by atoms with Crippen LogP contribution in [0.15, 0.2) is 0 Å². The van der Waals surface area contributed by atoms with Crippen LogP contribution in [0.25, 0.3) is 0 Å². The maximum absolute atomic E-state index is 10.3. The van der Waals surface area contributed by atoms with Gasteiger partial charge in [0.15, 0.2) is 0 Å². The largest absolute Gasteiger partial charge is 0.346 e. The number of nitrogens with one attached hydrogen (secondary N) is 4. The Labute approximate surface area is 91.1 Å². The van der Waals surface area contributed by atoms with Crippen molar-refractivity contribution < 1.29 is 19.2 Å². The van der Waals surface area contributed by atoms with Gasteiger partial charge in [0, 0.05) is 0 Å². The molecule has 0 bridgehead atoms. The van der Waals surface area contributed by atoms with E-state index in [2.05, 4.69) is 21.3 Å². The van der Waals surface area contributed by atoms with Gasteiger partial charge in [0.2, 0.25) is 23.6 Å². The first kappa shape index (κ1) is 12.0. The fourth-order valence-corrected chi connectivity index (χ4v) is 0.965. The quantitative estimate of drug-likeness (QED) is 0.343. The normalized spacial score (nSPS) is 19.5. The van der Waals surface area contributed by atoms with E-state index in [9.17, 15) is 19.2 Å². The lowest BCUT2D eigenvalue weighted by Crippen LogP contribution is -2.48. The van der Waals surface area contributed by atoms with Crippen LogP contribution in [0, 0.1) is 0 Å². The summed E-state index contributed by atoms with van der Waals surface area (Å²) in [6.07, 6.45) is 0. The van der Waals surface area contributed by atoms with Crippen LogP contribution in [0.3, 0.4) is 0 Å². The zero-order valence-corrected chi connectivity index (χ0v) is 8.46. The average molecular weight is 228 g/mol. The molecule has 0 radical (unpaired) electrons. The van der Waals surface area contributed by atoms with Crippen LogP contribution in [-0.2, 0) is 19.2 Å². The predicted octanol–water partition coefficient (Wildman–Crippen LogP) is -3.54. The molecule has 0 spiro atoms. The Bertz CT molecular complexity index is 240. The van der Waals surface area contributed by atoms with Crippen molar-refractivity contribution in [3.05, 3.63) is 0 Å². The Kier molecular flexibility index (Phi) is 4.25. The van der Waals surface area contributed by atoms with Crippen LogP contribution in [0.1, 0.15) is 0 Å². The summed E-state index contributed by atoms with van der Waals surface area (Å²) in [5.74, 6) is -0.483. The Morgan fingerprint density at radius 3 is 0.812 bits per heavy atom. The van der Waals surface area contributed by atoms with E-state index >= 15 is 0 Å². The van der Waals surface area contributed by atoms with Gasteiger partial charge in [-0.1, -0.05) is 0 Å². The summed E-state index contributed by atoms with van der Waals surface area (Å²) in [7, 11) is 0. The Morgan fingerprint density at radius 1 is 0.500 bits per heavy atom. The van der Waals surface area contributed by atoms with Gasteiger partial charge in [-0.3, -0.25) is 19.2 Å². The minimum Gasteiger partial charge on any atom is -0.346 e. The van der Waals surface area contributed by atoms with Crippen molar-refractivity contribution in [2.45, 2.75) is 0 Å². The van der Waals surface area contributed by atoms with Crippen LogP contribution in [-0.4, -0.2) is 49.8 Å². The standard InChI is InChI=1S/2C4H6N2O2/c2*7-3-1-5-4(8)2-6-3/h2*1-2H2,(H,5,8)(H,6,7). The fraction of sp³-hybridized carbons (Fsp3) is 0.500. The first-order valence-corrected chi connectivity index (χ1v) is 4.64. The topological polar surface area (TPSA) is 116 Å². The molecule has 2 aliphatic rings. The van der Waals surface area contributed by atoms with Gasteiger partial charge < -0.3 is 21.3 Å². The third kappa shape index (κ3) is 4.40. The van der Waals surface area contributed by atoms with Gasteiger partial charge in [0.1, 0.15) is 0 Å². The smallest absolute Gasteiger partial charge is 0.239 e. The van der Waals surface area contributed by atoms with E-state index in [4.69, 9.17) is 0 Å². The van der Waals surface area contributed by atoms with Crippen LogP contribution >= 0.6 is 0 Å². The van der Waals surface area contributed by atoms with Crippen LogP contribution in [0.4, 0.5) is 0 Å². The molecule has 0 aliphatic carbocycles. The summed E-state index contributed by atoms with van der Waals surface area (Å²) in [4.78, 5) is 41.1. The second-order valence-electron chi connectivity index (χ2n) is 3.11. The molecule has 16 heavy (non-hydrogen) atoms. The van der Waals surface area contributed by atoms with Gasteiger partial charge in [-0.05, 0) is 0 Å². The summed E-state index contributed by atoms with van der Waals surface area (Å²) < 4.78 is 0. The number of hydrogen-bond donors (Lipinski definition) is 4. The number of amides is 4. The molecule has 8 nitrogen and oxygen atoms in total. The molecule has 4 amide bonds. The van der Waals surface area contributed by atoms with E-state index in [-0.39, 0.29) is 49.8 Å². The lowest BCUT2D eigenvalue weighted by molar-refractivity contribution is -0.130. The van der Waals surface area contributed by atoms with Gasteiger partial charge >= 0.3 is 0 Å². The third-order valence-electron chi connectivity index (χ3n) is 1.78. The highest BCUT2D eigenvalue weighted by molar-refractivity contribution is 5.92. The van der Waals surface area contributed by atoms with Crippen molar-refractivity contribution in [3.8, 4) is 0 Å². The summed E-state index contributed by atoms with van der Waals surface area (Å²) in [6, 6.07) is 0. The molecule has 2 fully saturated rings. The molecule has 2 aliphatic heterocycles. The van der Waals surface area contributed by atoms with Crippen LogP contribution < -0.4 is 21.3 Å². The molecule has 2 saturated heterocycles. The van der Waals surface area contributed by atoms with Gasteiger partial charge in [0.25, 0.3) is 0 Å². The lowest BCUT2D eigenvalue weighted by atomic mass is 10.4. The molecule has 2 rings (SSSR count). The second-order valence-corrected chi connectivity index (χ2v) is 3.11. The molecule has 0 saturated carbocycles. The molecule has 0 aromatic rings. The molecule has 2 heterocycles. The SMILES string of the molecule is O=C1CNC(=O)CN1.O=C1CNC(=O)CN1. The molecular weight excluding hydrogens is 216 g/mol. The van der Waals surface area contributed by atoms with Gasteiger partial charge in [-0.15, -0.1) is 0 Å². The summed E-state index contributed by atoms with van der Waals surface area (Å²) in [5, 5.41) is 9.52. The van der Waals surface area contributed by atoms with E-state index < -0.39 is 0 Å². The van der Waals surface area contributed by atoms with Crippen molar-refractivity contribution in [3.63, 3.8) is 0 Å². The summed E-state index contributed by atoms with van der Waals surface area (Å²) in [5.41, 5.74) is 0. The van der Waals surface area contributed by atoms with Crippen molar-refractivity contribution in [2.75, 3.05) is 26.2 Å². The van der Waals surface area contributed by atoms with E-state index in [0.717, 1.165) is 0 Å². The number of carbonyl (C=O) groups is 4. The number of hydrogen-bond acceptors (Lipinski definition) is 4. The molecule has 0 aromatic carbocycles. The Hall–Kier alpha value is -2.12. The molecule has 4 N–H and O–H groups in total. The Morgan fingerprint density at radius 2 is 0.688 bits per heavy atom. The molecule has 0 aromatic heterocycles. The van der Waals surface area contributed by atoms with E-state index in [1.165, 1.54) is 0 Å². The number of piperazine rings is 2. The highest BCUT2D eigenvalue weighted by atomic mass is 16.2. The van der Waals surface area contributed by atoms with Gasteiger partial charge in [-0.25, -0.2) is 0 Å². The summed E-state index contributed by atoms with van der Waals surface area (Å²) in [6.45, 7) is 0.495. The zero-order chi connectivity index (χ0) is 12.0. The first-order valence-electron chi connectivity index (χ1n) is 4.64. The summed E-state index contributed by atoms with van der Waals surface area (Å²) >= 11 is 0. The van der Waals surface area contributed by atoms with Crippen LogP contribution in [0.2, 0.25) is 0 Å². The van der Waals surface area contributed by atoms with Crippen molar-refractivity contribution in [1.82, 2.24) is 21.3 Å². The molecular formula is C8H12N4O4. The van der Waals surface area contributed by atoms with E-state index in [1.807, 2.05) is 0 Å². The second kappa shape index (κ2) is 5.69. The minimum atomic E-state index is -0.121. The first-order chi connectivity index (χ1) is 7.58. The number of rotatable bonds is 0. The molecule has 0 atom stereocenters. The van der Waals surface area contributed by atoms with Crippen molar-refractivity contribution in [2.24, 2.45) is 0 Å². The highest BCUT2D eigenvalue weighted by Gasteiger charge is 2.11. The van der Waals surface area contributed by atoms with Gasteiger partial charge in [-0.2, -0.15) is 0 Å². The molecule has 0 unspecified atom stereocenters. The zero-order valence-electron chi connectivity index (χ0n) is 8.46. The van der Waals surface area contributed by atoms with E-state index in [0.29, 0.717) is 0 Å². The van der Waals surface area contributed by atoms with E-state index in [1.54, 1.807) is 0 Å². The number of carbonyl (C=O) groups excluding carboxylic acids is 4. The molecule has 8 heteroatoms.